The number of rotatable bonds is 4. The minimum atomic E-state index is -0.378. The van der Waals surface area contributed by atoms with Gasteiger partial charge in [0.15, 0.2) is 0 Å². The predicted molar refractivity (Wildman–Crippen MR) is 109 cm³/mol. The van der Waals surface area contributed by atoms with Gasteiger partial charge in [0.1, 0.15) is 0 Å². The van der Waals surface area contributed by atoms with Crippen LogP contribution in [0.2, 0.25) is 0 Å². The molecule has 3 rings (SSSR count). The van der Waals surface area contributed by atoms with Gasteiger partial charge < -0.3 is 9.88 Å². The first kappa shape index (κ1) is 17.9. The average molecular weight is 411 g/mol. The SMILES string of the molecule is Cc1cccc(NC(=O)N/N=C/c2cccn2-c2ccc(Br)cc2)c1C. The molecule has 5 nitrogen and oxygen atoms in total. The van der Waals surface area contributed by atoms with E-state index in [0.717, 1.165) is 32.7 Å². The van der Waals surface area contributed by atoms with Gasteiger partial charge in [0.25, 0.3) is 0 Å². The third-order valence-corrected chi connectivity index (χ3v) is 4.63. The number of hydrazone groups is 1. The molecular formula is C20H19BrN4O. The maximum absolute atomic E-state index is 12.0. The Morgan fingerprint density at radius 2 is 1.85 bits per heavy atom. The Morgan fingerprint density at radius 3 is 2.62 bits per heavy atom. The van der Waals surface area contributed by atoms with E-state index in [1.807, 2.05) is 79.2 Å². The van der Waals surface area contributed by atoms with Crippen molar-refractivity contribution in [2.24, 2.45) is 5.10 Å². The molecule has 0 aliphatic heterocycles. The van der Waals surface area contributed by atoms with Crippen LogP contribution in [-0.2, 0) is 0 Å². The summed E-state index contributed by atoms with van der Waals surface area (Å²) in [5.74, 6) is 0. The number of urea groups is 1. The zero-order valence-corrected chi connectivity index (χ0v) is 16.1. The zero-order valence-electron chi connectivity index (χ0n) is 14.5. The number of amides is 2. The highest BCUT2D eigenvalue weighted by molar-refractivity contribution is 9.10. The highest BCUT2D eigenvalue weighted by Gasteiger charge is 2.05. The van der Waals surface area contributed by atoms with E-state index in [4.69, 9.17) is 0 Å². The summed E-state index contributed by atoms with van der Waals surface area (Å²) in [5, 5.41) is 6.86. The lowest BCUT2D eigenvalue weighted by Crippen LogP contribution is -2.24. The number of hydrogen-bond acceptors (Lipinski definition) is 2. The molecule has 0 atom stereocenters. The lowest BCUT2D eigenvalue weighted by atomic mass is 10.1. The van der Waals surface area contributed by atoms with Gasteiger partial charge in [0, 0.05) is 22.0 Å². The molecular weight excluding hydrogens is 392 g/mol. The number of benzene rings is 2. The molecule has 1 heterocycles. The van der Waals surface area contributed by atoms with E-state index in [9.17, 15) is 4.79 Å². The largest absolute Gasteiger partial charge is 0.339 e. The lowest BCUT2D eigenvalue weighted by molar-refractivity contribution is 0.252. The molecule has 0 aliphatic carbocycles. The highest BCUT2D eigenvalue weighted by Crippen LogP contribution is 2.18. The standard InChI is InChI=1S/C20H19BrN4O/c1-14-5-3-7-19(15(14)2)23-20(26)24-22-13-18-6-4-12-25(18)17-10-8-16(21)9-11-17/h3-13H,1-2H3,(H2,23,24,26)/b22-13+. The molecule has 0 radical (unpaired) electrons. The van der Waals surface area contributed by atoms with Gasteiger partial charge in [0.2, 0.25) is 0 Å². The molecule has 0 bridgehead atoms. The fourth-order valence-electron chi connectivity index (χ4n) is 2.53. The Hall–Kier alpha value is -2.86. The van der Waals surface area contributed by atoms with Crippen molar-refractivity contribution in [3.63, 3.8) is 0 Å². The molecule has 2 amide bonds. The number of carbonyl (C=O) groups is 1. The van der Waals surface area contributed by atoms with Crippen LogP contribution in [0.4, 0.5) is 10.5 Å². The van der Waals surface area contributed by atoms with Crippen LogP contribution in [0.3, 0.4) is 0 Å². The number of aromatic nitrogens is 1. The quantitative estimate of drug-likeness (QED) is 0.460. The number of carbonyl (C=O) groups excluding carboxylic acids is 1. The molecule has 1 aromatic heterocycles. The second-order valence-electron chi connectivity index (χ2n) is 5.85. The maximum Gasteiger partial charge on any atom is 0.339 e. The Labute approximate surface area is 160 Å². The van der Waals surface area contributed by atoms with Crippen molar-refractivity contribution < 1.29 is 4.79 Å². The van der Waals surface area contributed by atoms with Crippen LogP contribution in [0, 0.1) is 13.8 Å². The van der Waals surface area contributed by atoms with Crippen molar-refractivity contribution in [3.8, 4) is 5.69 Å². The second kappa shape index (κ2) is 8.01. The summed E-state index contributed by atoms with van der Waals surface area (Å²) >= 11 is 3.43. The molecule has 26 heavy (non-hydrogen) atoms. The van der Waals surface area contributed by atoms with Crippen LogP contribution in [0.1, 0.15) is 16.8 Å². The number of halogens is 1. The molecule has 2 N–H and O–H groups in total. The Morgan fingerprint density at radius 1 is 1.08 bits per heavy atom. The van der Waals surface area contributed by atoms with Crippen LogP contribution >= 0.6 is 15.9 Å². The van der Waals surface area contributed by atoms with Crippen molar-refractivity contribution in [2.45, 2.75) is 13.8 Å². The van der Waals surface area contributed by atoms with Crippen LogP contribution in [-0.4, -0.2) is 16.8 Å². The lowest BCUT2D eigenvalue weighted by Gasteiger charge is -2.09. The van der Waals surface area contributed by atoms with Gasteiger partial charge in [-0.3, -0.25) is 0 Å². The summed E-state index contributed by atoms with van der Waals surface area (Å²) in [6.45, 7) is 3.98. The van der Waals surface area contributed by atoms with E-state index in [-0.39, 0.29) is 6.03 Å². The van der Waals surface area contributed by atoms with Gasteiger partial charge >= 0.3 is 6.03 Å². The van der Waals surface area contributed by atoms with Crippen LogP contribution in [0.25, 0.3) is 5.69 Å². The Kier molecular flexibility index (Phi) is 5.53. The monoisotopic (exact) mass is 410 g/mol. The van der Waals surface area contributed by atoms with E-state index in [1.165, 1.54) is 0 Å². The fourth-order valence-corrected chi connectivity index (χ4v) is 2.79. The second-order valence-corrected chi connectivity index (χ2v) is 6.77. The zero-order chi connectivity index (χ0) is 18.5. The topological polar surface area (TPSA) is 58.4 Å². The van der Waals surface area contributed by atoms with Gasteiger partial charge in [-0.2, -0.15) is 5.10 Å². The average Bonchev–Trinajstić information content (AvgIpc) is 3.08. The third kappa shape index (κ3) is 4.21. The van der Waals surface area contributed by atoms with Gasteiger partial charge in [-0.25, -0.2) is 10.2 Å². The molecule has 6 heteroatoms. The van der Waals surface area contributed by atoms with Gasteiger partial charge in [-0.1, -0.05) is 28.1 Å². The van der Waals surface area contributed by atoms with Crippen molar-refractivity contribution in [1.29, 1.82) is 0 Å². The van der Waals surface area contributed by atoms with Crippen molar-refractivity contribution in [2.75, 3.05) is 5.32 Å². The first-order chi connectivity index (χ1) is 12.5. The van der Waals surface area contributed by atoms with Gasteiger partial charge in [-0.05, 0) is 67.4 Å². The van der Waals surface area contributed by atoms with E-state index < -0.39 is 0 Å². The Bertz CT molecular complexity index is 945. The molecule has 0 aliphatic rings. The van der Waals surface area contributed by atoms with Gasteiger partial charge in [-0.15, -0.1) is 0 Å². The van der Waals surface area contributed by atoms with Crippen molar-refractivity contribution in [3.05, 3.63) is 82.1 Å². The summed E-state index contributed by atoms with van der Waals surface area (Å²) in [4.78, 5) is 12.0. The summed E-state index contributed by atoms with van der Waals surface area (Å²) in [6, 6.07) is 17.2. The highest BCUT2D eigenvalue weighted by atomic mass is 79.9. The van der Waals surface area contributed by atoms with E-state index in [1.54, 1.807) is 6.21 Å². The summed E-state index contributed by atoms with van der Waals surface area (Å²) in [7, 11) is 0. The summed E-state index contributed by atoms with van der Waals surface area (Å²) in [6.07, 6.45) is 3.56. The number of anilines is 1. The fraction of sp³-hybridized carbons (Fsp3) is 0.100. The number of nitrogens with one attached hydrogen (secondary N) is 2. The molecule has 132 valence electrons. The molecule has 0 fully saturated rings. The smallest absolute Gasteiger partial charge is 0.316 e. The van der Waals surface area contributed by atoms with Crippen molar-refractivity contribution in [1.82, 2.24) is 9.99 Å². The van der Waals surface area contributed by atoms with Crippen LogP contribution in [0.5, 0.6) is 0 Å². The third-order valence-electron chi connectivity index (χ3n) is 4.10. The number of aryl methyl sites for hydroxylation is 1. The van der Waals surface area contributed by atoms with E-state index in [2.05, 4.69) is 31.8 Å². The number of hydrogen-bond donors (Lipinski definition) is 2. The van der Waals surface area contributed by atoms with Crippen molar-refractivity contribution >= 4 is 33.9 Å². The first-order valence-electron chi connectivity index (χ1n) is 8.14. The van der Waals surface area contributed by atoms with E-state index in [0.29, 0.717) is 0 Å². The van der Waals surface area contributed by atoms with Gasteiger partial charge in [0.05, 0.1) is 11.9 Å². The molecule has 0 saturated carbocycles. The first-order valence-corrected chi connectivity index (χ1v) is 8.93. The molecule has 0 unspecified atom stereocenters. The van der Waals surface area contributed by atoms with Crippen LogP contribution < -0.4 is 10.7 Å². The Balaban J connectivity index is 1.66. The normalized spacial score (nSPS) is 10.9. The molecule has 2 aromatic carbocycles. The minimum Gasteiger partial charge on any atom is -0.316 e. The molecule has 3 aromatic rings. The predicted octanol–water partition coefficient (Wildman–Crippen LogP) is 5.01. The van der Waals surface area contributed by atoms with Crippen LogP contribution in [0.15, 0.2) is 70.4 Å². The molecule has 0 spiro atoms. The molecule has 0 saturated heterocycles. The summed E-state index contributed by atoms with van der Waals surface area (Å²) in [5.41, 5.74) is 7.31. The van der Waals surface area contributed by atoms with E-state index >= 15 is 0 Å². The summed E-state index contributed by atoms with van der Waals surface area (Å²) < 4.78 is 3.01. The minimum absolute atomic E-state index is 0.378. The maximum atomic E-state index is 12.0. The number of nitrogens with zero attached hydrogens (tertiary/aromatic N) is 2.